The maximum Gasteiger partial charge on any atom is 0.270 e. The molecule has 216 valence electrons. The molecular formula is C29H28Cl2N8O3. The summed E-state index contributed by atoms with van der Waals surface area (Å²) in [5.74, 6) is 0.399. The number of tetrazole rings is 1. The predicted molar refractivity (Wildman–Crippen MR) is 162 cm³/mol. The van der Waals surface area contributed by atoms with E-state index in [1.165, 1.54) is 37.7 Å². The molecule has 1 heterocycles. The number of H-pyrrole nitrogens is 1. The van der Waals surface area contributed by atoms with Crippen molar-refractivity contribution >= 4 is 52.3 Å². The molecule has 0 atom stereocenters. The van der Waals surface area contributed by atoms with E-state index >= 15 is 0 Å². The summed E-state index contributed by atoms with van der Waals surface area (Å²) >= 11 is 12.4. The normalized spacial score (nSPS) is 14.0. The molecule has 1 fully saturated rings. The molecule has 11 nitrogen and oxygen atoms in total. The van der Waals surface area contributed by atoms with E-state index in [0.29, 0.717) is 27.2 Å². The van der Waals surface area contributed by atoms with Gasteiger partial charge in [-0.2, -0.15) is 5.21 Å². The Kier molecular flexibility index (Phi) is 9.40. The second-order valence-electron chi connectivity index (χ2n) is 10.0. The topological polar surface area (TPSA) is 142 Å². The molecule has 4 aromatic rings. The smallest absolute Gasteiger partial charge is 0.270 e. The first-order valence-corrected chi connectivity index (χ1v) is 14.3. The van der Waals surface area contributed by atoms with Crippen LogP contribution in [0.5, 0.6) is 0 Å². The molecule has 42 heavy (non-hydrogen) atoms. The summed E-state index contributed by atoms with van der Waals surface area (Å²) in [5, 5.41) is 28.3. The van der Waals surface area contributed by atoms with Gasteiger partial charge in [0, 0.05) is 32.8 Å². The number of aromatic nitrogens is 4. The van der Waals surface area contributed by atoms with E-state index in [0.717, 1.165) is 11.3 Å². The Morgan fingerprint density at radius 2 is 1.71 bits per heavy atom. The van der Waals surface area contributed by atoms with Gasteiger partial charge in [0.05, 0.1) is 5.69 Å². The minimum atomic E-state index is -0.528. The zero-order valence-corrected chi connectivity index (χ0v) is 24.1. The summed E-state index contributed by atoms with van der Waals surface area (Å²) in [6.07, 6.45) is 6.06. The zero-order chi connectivity index (χ0) is 29.5. The third-order valence-electron chi connectivity index (χ3n) is 7.10. The summed E-state index contributed by atoms with van der Waals surface area (Å²) in [4.78, 5) is 30.4. The number of amidine groups is 1. The van der Waals surface area contributed by atoms with Crippen LogP contribution < -0.4 is 10.2 Å². The average molecular weight is 608 g/mol. The van der Waals surface area contributed by atoms with Crippen molar-refractivity contribution in [2.75, 3.05) is 16.8 Å². The Morgan fingerprint density at radius 1 is 1.02 bits per heavy atom. The molecule has 0 radical (unpaired) electrons. The highest BCUT2D eigenvalue weighted by Crippen LogP contribution is 2.34. The van der Waals surface area contributed by atoms with Crippen LogP contribution in [-0.2, 0) is 6.54 Å². The highest BCUT2D eigenvalue weighted by molar-refractivity contribution is 6.35. The number of hydrogen-bond acceptors (Lipinski definition) is 7. The maximum atomic E-state index is 12.6. The fourth-order valence-corrected chi connectivity index (χ4v) is 5.59. The summed E-state index contributed by atoms with van der Waals surface area (Å²) in [7, 11) is 0. The highest BCUT2D eigenvalue weighted by Gasteiger charge is 2.22. The van der Waals surface area contributed by atoms with Crippen molar-refractivity contribution in [2.45, 2.75) is 44.6 Å². The molecule has 2 N–H and O–H groups in total. The van der Waals surface area contributed by atoms with Crippen LogP contribution in [0.1, 0.15) is 59.5 Å². The molecule has 1 aliphatic carbocycles. The number of rotatable bonds is 9. The van der Waals surface area contributed by atoms with Crippen LogP contribution in [0.2, 0.25) is 10.0 Å². The van der Waals surface area contributed by atoms with Crippen LogP contribution in [0.3, 0.4) is 0 Å². The lowest BCUT2D eigenvalue weighted by atomic mass is 9.84. The number of anilines is 2. The number of amides is 1. The monoisotopic (exact) mass is 606 g/mol. The Hall–Kier alpha value is -4.35. The van der Waals surface area contributed by atoms with E-state index in [4.69, 9.17) is 23.2 Å². The first kappa shape index (κ1) is 29.2. The van der Waals surface area contributed by atoms with Gasteiger partial charge in [-0.05, 0) is 77.6 Å². The van der Waals surface area contributed by atoms with Gasteiger partial charge in [0.15, 0.2) is 5.84 Å². The van der Waals surface area contributed by atoms with Crippen molar-refractivity contribution in [3.8, 4) is 0 Å². The van der Waals surface area contributed by atoms with Crippen molar-refractivity contribution in [2.24, 2.45) is 4.99 Å². The minimum absolute atomic E-state index is 0.0636. The number of hydrogen-bond donors (Lipinski definition) is 2. The van der Waals surface area contributed by atoms with Crippen molar-refractivity contribution in [3.05, 3.63) is 104 Å². The lowest BCUT2D eigenvalue weighted by molar-refractivity contribution is -0.463. The number of nitrogens with one attached hydrogen (secondary N) is 2. The van der Waals surface area contributed by atoms with Crippen LogP contribution in [0, 0.1) is 10.1 Å². The van der Waals surface area contributed by atoms with Crippen LogP contribution >= 0.6 is 23.2 Å². The molecule has 0 saturated heterocycles. The Bertz CT molecular complexity index is 1530. The molecule has 0 spiro atoms. The second-order valence-corrected chi connectivity index (χ2v) is 10.9. The zero-order valence-electron chi connectivity index (χ0n) is 22.5. The number of nitro groups is 1. The number of benzene rings is 3. The van der Waals surface area contributed by atoms with E-state index in [-0.39, 0.29) is 18.3 Å². The van der Waals surface area contributed by atoms with Gasteiger partial charge in [-0.1, -0.05) is 71.8 Å². The Labute approximate surface area is 252 Å². The molecule has 0 aliphatic heterocycles. The molecule has 0 unspecified atom stereocenters. The van der Waals surface area contributed by atoms with Gasteiger partial charge < -0.3 is 4.90 Å². The largest absolute Gasteiger partial charge is 0.320 e. The first-order valence-electron chi connectivity index (χ1n) is 13.5. The molecule has 0 bridgehead atoms. The van der Waals surface area contributed by atoms with Gasteiger partial charge in [0.1, 0.15) is 0 Å². The Balaban J connectivity index is 1.47. The highest BCUT2D eigenvalue weighted by atomic mass is 35.5. The molecular weight excluding hydrogens is 579 g/mol. The van der Waals surface area contributed by atoms with Crippen molar-refractivity contribution < 1.29 is 9.72 Å². The summed E-state index contributed by atoms with van der Waals surface area (Å²) < 4.78 is 0. The molecule has 1 amide bonds. The number of carbonyl (C=O) groups is 1. The van der Waals surface area contributed by atoms with E-state index in [1.807, 2.05) is 12.1 Å². The van der Waals surface area contributed by atoms with E-state index in [2.05, 4.69) is 43.1 Å². The predicted octanol–water partition coefficient (Wildman–Crippen LogP) is 6.82. The van der Waals surface area contributed by atoms with E-state index < -0.39 is 17.4 Å². The maximum absolute atomic E-state index is 12.6. The number of halogens is 2. The van der Waals surface area contributed by atoms with Crippen LogP contribution in [0.4, 0.5) is 17.3 Å². The van der Waals surface area contributed by atoms with Crippen molar-refractivity contribution in [3.63, 3.8) is 0 Å². The van der Waals surface area contributed by atoms with Crippen molar-refractivity contribution in [1.29, 1.82) is 0 Å². The van der Waals surface area contributed by atoms with Crippen LogP contribution in [0.15, 0.2) is 71.7 Å². The third-order valence-corrected chi connectivity index (χ3v) is 7.53. The minimum Gasteiger partial charge on any atom is -0.320 e. The fourth-order valence-electron chi connectivity index (χ4n) is 5.08. The summed E-state index contributed by atoms with van der Waals surface area (Å²) in [6, 6.07) is 19.9. The standard InChI is InChI=1S/C29H28Cl2N8O3/c30-23-14-24(31)16-25(15-23)32-27(18-39(41)42)38(26-12-10-21(11-13-26)20-4-2-1-3-5-20)17-19-6-8-22(9-7-19)28(40)33-29-34-36-37-35-29/h6-16,20H,1-5,17-18H2,(H2,33,34,35,36,37,40). The Morgan fingerprint density at radius 3 is 2.33 bits per heavy atom. The number of carbonyl (C=O) groups excluding carboxylic acids is 1. The quantitative estimate of drug-likeness (QED) is 0.0920. The number of nitrogens with zero attached hydrogens (tertiary/aromatic N) is 6. The lowest BCUT2D eigenvalue weighted by Crippen LogP contribution is -2.35. The summed E-state index contributed by atoms with van der Waals surface area (Å²) in [6.45, 7) is -0.268. The molecule has 1 aliphatic rings. The van der Waals surface area contributed by atoms with E-state index in [9.17, 15) is 14.9 Å². The molecule has 13 heteroatoms. The van der Waals surface area contributed by atoms with Gasteiger partial charge in [0.25, 0.3) is 18.4 Å². The number of aliphatic imine (C=N–C) groups is 1. The fraction of sp³-hybridized carbons (Fsp3) is 0.276. The first-order chi connectivity index (χ1) is 20.3. The summed E-state index contributed by atoms with van der Waals surface area (Å²) in [5.41, 5.74) is 3.62. The number of aromatic amines is 1. The molecule has 1 saturated carbocycles. The third kappa shape index (κ3) is 7.68. The average Bonchev–Trinajstić information content (AvgIpc) is 3.49. The van der Waals surface area contributed by atoms with Gasteiger partial charge in [-0.15, -0.1) is 5.10 Å². The molecule has 1 aromatic heterocycles. The molecule has 3 aromatic carbocycles. The molecule has 5 rings (SSSR count). The van der Waals surface area contributed by atoms with E-state index in [1.54, 1.807) is 47.4 Å². The second kappa shape index (κ2) is 13.5. The van der Waals surface area contributed by atoms with Crippen LogP contribution in [-0.4, -0.2) is 43.8 Å². The van der Waals surface area contributed by atoms with Gasteiger partial charge in [-0.25, -0.2) is 4.99 Å². The van der Waals surface area contributed by atoms with Gasteiger partial charge in [0.2, 0.25) is 0 Å². The SMILES string of the molecule is O=C(Nc1nn[nH]n1)c1ccc(CN(C(C[N+](=O)[O-])=Nc2cc(Cl)cc(Cl)c2)c2ccc(C3CCCCC3)cc2)cc1. The van der Waals surface area contributed by atoms with Crippen molar-refractivity contribution in [1.82, 2.24) is 20.6 Å². The lowest BCUT2D eigenvalue weighted by Gasteiger charge is -2.26. The van der Waals surface area contributed by atoms with Gasteiger partial charge >= 0.3 is 0 Å². The van der Waals surface area contributed by atoms with Crippen LogP contribution in [0.25, 0.3) is 0 Å². The van der Waals surface area contributed by atoms with Gasteiger partial charge in [-0.3, -0.25) is 20.2 Å².